The molecule has 2 amide bonds. The van der Waals surface area contributed by atoms with Crippen LogP contribution < -0.4 is 10.6 Å². The van der Waals surface area contributed by atoms with Crippen molar-refractivity contribution in [3.63, 3.8) is 0 Å². The summed E-state index contributed by atoms with van der Waals surface area (Å²) in [6.45, 7) is 7.28. The number of nitrogens with one attached hydrogen (secondary N) is 2. The predicted octanol–water partition coefficient (Wildman–Crippen LogP) is 2.54. The Hall–Kier alpha value is -1.85. The van der Waals surface area contributed by atoms with Crippen LogP contribution in [0.1, 0.15) is 25.3 Å². The van der Waals surface area contributed by atoms with E-state index in [1.54, 1.807) is 0 Å². The third-order valence-electron chi connectivity index (χ3n) is 5.04. The second-order valence-corrected chi connectivity index (χ2v) is 7.10. The van der Waals surface area contributed by atoms with E-state index in [-0.39, 0.29) is 12.1 Å². The fourth-order valence-corrected chi connectivity index (χ4v) is 3.57. The van der Waals surface area contributed by atoms with E-state index in [1.165, 1.54) is 11.1 Å². The molecule has 1 fully saturated rings. The first kappa shape index (κ1) is 18.0. The van der Waals surface area contributed by atoms with Gasteiger partial charge in [-0.2, -0.15) is 0 Å². The van der Waals surface area contributed by atoms with Crippen LogP contribution in [0.4, 0.5) is 4.79 Å². The van der Waals surface area contributed by atoms with Gasteiger partial charge < -0.3 is 15.4 Å². The fraction of sp³-hybridized carbons (Fsp3) is 0.550. The first-order valence-electron chi connectivity index (χ1n) is 9.27. The van der Waals surface area contributed by atoms with Crippen molar-refractivity contribution in [2.24, 2.45) is 5.92 Å². The normalized spacial score (nSPS) is 24.0. The molecule has 2 unspecified atom stereocenters. The third kappa shape index (κ3) is 5.58. The van der Waals surface area contributed by atoms with Crippen LogP contribution in [0.3, 0.4) is 0 Å². The molecule has 5 nitrogen and oxygen atoms in total. The molecule has 2 atom stereocenters. The van der Waals surface area contributed by atoms with Gasteiger partial charge in [0.25, 0.3) is 0 Å². The van der Waals surface area contributed by atoms with Gasteiger partial charge in [-0.15, -0.1) is 0 Å². The Bertz CT molecular complexity index is 588. The zero-order valence-electron chi connectivity index (χ0n) is 15.0. The van der Waals surface area contributed by atoms with Gasteiger partial charge in [0.05, 0.1) is 13.2 Å². The van der Waals surface area contributed by atoms with Crippen LogP contribution in [0.15, 0.2) is 42.0 Å². The van der Waals surface area contributed by atoms with Crippen molar-refractivity contribution in [1.29, 1.82) is 0 Å². The first-order chi connectivity index (χ1) is 12.2. The summed E-state index contributed by atoms with van der Waals surface area (Å²) in [5.41, 5.74) is 2.71. The molecule has 0 radical (unpaired) electrons. The second kappa shape index (κ2) is 9.02. The molecule has 1 aromatic rings. The van der Waals surface area contributed by atoms with Gasteiger partial charge in [-0.25, -0.2) is 4.79 Å². The standard InChI is InChI=1S/C20H29N3O2/c1-16-13-23(14-18-5-3-2-4-6-18)15-19(16)22-20(24)21-10-7-17-8-11-25-12-9-17/h2-6,8,16,19H,7,9-15H2,1H3,(H2,21,22,24). The zero-order valence-corrected chi connectivity index (χ0v) is 15.0. The molecule has 0 aromatic heterocycles. The molecule has 2 heterocycles. The summed E-state index contributed by atoms with van der Waals surface area (Å²) in [5.74, 6) is 0.465. The first-order valence-corrected chi connectivity index (χ1v) is 9.27. The second-order valence-electron chi connectivity index (χ2n) is 7.10. The summed E-state index contributed by atoms with van der Waals surface area (Å²) in [4.78, 5) is 14.6. The lowest BCUT2D eigenvalue weighted by Gasteiger charge is -2.18. The van der Waals surface area contributed by atoms with E-state index in [0.717, 1.165) is 39.1 Å². The van der Waals surface area contributed by atoms with Gasteiger partial charge in [-0.1, -0.05) is 48.9 Å². The lowest BCUT2D eigenvalue weighted by Crippen LogP contribution is -2.45. The molecule has 2 N–H and O–H groups in total. The Morgan fingerprint density at radius 2 is 2.12 bits per heavy atom. The van der Waals surface area contributed by atoms with E-state index in [0.29, 0.717) is 19.1 Å². The SMILES string of the molecule is CC1CN(Cc2ccccc2)CC1NC(=O)NCCC1=CCOCC1. The number of benzene rings is 1. The van der Waals surface area contributed by atoms with Gasteiger partial charge in [-0.3, -0.25) is 4.90 Å². The fourth-order valence-electron chi connectivity index (χ4n) is 3.57. The van der Waals surface area contributed by atoms with E-state index in [1.807, 2.05) is 6.07 Å². The van der Waals surface area contributed by atoms with Gasteiger partial charge in [0, 0.05) is 32.2 Å². The lowest BCUT2D eigenvalue weighted by molar-refractivity contribution is 0.153. The largest absolute Gasteiger partial charge is 0.377 e. The molecule has 0 aliphatic carbocycles. The van der Waals surface area contributed by atoms with Crippen molar-refractivity contribution in [2.75, 3.05) is 32.8 Å². The van der Waals surface area contributed by atoms with Crippen molar-refractivity contribution in [3.8, 4) is 0 Å². The zero-order chi connectivity index (χ0) is 17.5. The highest BCUT2D eigenvalue weighted by atomic mass is 16.5. The minimum absolute atomic E-state index is 0.0499. The Kier molecular flexibility index (Phi) is 6.48. The van der Waals surface area contributed by atoms with Crippen LogP contribution in [0.2, 0.25) is 0 Å². The molecule has 2 aliphatic rings. The van der Waals surface area contributed by atoms with Crippen LogP contribution in [0, 0.1) is 5.92 Å². The highest BCUT2D eigenvalue weighted by Gasteiger charge is 2.30. The molecule has 136 valence electrons. The molecular weight excluding hydrogens is 314 g/mol. The van der Waals surface area contributed by atoms with E-state index in [4.69, 9.17) is 4.74 Å². The molecule has 0 saturated carbocycles. The van der Waals surface area contributed by atoms with Gasteiger partial charge in [0.1, 0.15) is 0 Å². The van der Waals surface area contributed by atoms with Crippen molar-refractivity contribution in [2.45, 2.75) is 32.4 Å². The van der Waals surface area contributed by atoms with Crippen LogP contribution >= 0.6 is 0 Å². The topological polar surface area (TPSA) is 53.6 Å². The Morgan fingerprint density at radius 1 is 1.28 bits per heavy atom. The Morgan fingerprint density at radius 3 is 2.88 bits per heavy atom. The van der Waals surface area contributed by atoms with E-state index in [9.17, 15) is 4.79 Å². The highest BCUT2D eigenvalue weighted by molar-refractivity contribution is 5.74. The number of hydrogen-bond donors (Lipinski definition) is 2. The van der Waals surface area contributed by atoms with Gasteiger partial charge in [-0.05, 0) is 24.3 Å². The number of carbonyl (C=O) groups is 1. The maximum Gasteiger partial charge on any atom is 0.315 e. The number of likely N-dealkylation sites (tertiary alicyclic amines) is 1. The molecule has 0 bridgehead atoms. The number of amides is 2. The number of carbonyl (C=O) groups excluding carboxylic acids is 1. The molecule has 1 aromatic carbocycles. The monoisotopic (exact) mass is 343 g/mol. The Labute approximate surface area is 150 Å². The summed E-state index contributed by atoms with van der Waals surface area (Å²) < 4.78 is 5.30. The molecule has 1 saturated heterocycles. The molecule has 25 heavy (non-hydrogen) atoms. The smallest absolute Gasteiger partial charge is 0.315 e. The minimum Gasteiger partial charge on any atom is -0.377 e. The van der Waals surface area contributed by atoms with Gasteiger partial charge >= 0.3 is 6.03 Å². The molecule has 2 aliphatic heterocycles. The summed E-state index contributed by atoms with van der Waals surface area (Å²) in [5, 5.41) is 6.14. The van der Waals surface area contributed by atoms with Crippen LogP contribution in [-0.4, -0.2) is 49.8 Å². The predicted molar refractivity (Wildman–Crippen MR) is 99.3 cm³/mol. The maximum absolute atomic E-state index is 12.2. The third-order valence-corrected chi connectivity index (χ3v) is 5.04. The summed E-state index contributed by atoms with van der Waals surface area (Å²) in [7, 11) is 0. The van der Waals surface area contributed by atoms with Gasteiger partial charge in [0.15, 0.2) is 0 Å². The number of nitrogens with zero attached hydrogens (tertiary/aromatic N) is 1. The minimum atomic E-state index is -0.0499. The number of urea groups is 1. The molecule has 3 rings (SSSR count). The quantitative estimate of drug-likeness (QED) is 0.781. The van der Waals surface area contributed by atoms with E-state index < -0.39 is 0 Å². The van der Waals surface area contributed by atoms with Crippen molar-refractivity contribution >= 4 is 6.03 Å². The molecule has 5 heteroatoms. The summed E-state index contributed by atoms with van der Waals surface area (Å²) in [6.07, 6.45) is 4.03. The van der Waals surface area contributed by atoms with Crippen molar-refractivity contribution in [1.82, 2.24) is 15.5 Å². The maximum atomic E-state index is 12.2. The highest BCUT2D eigenvalue weighted by Crippen LogP contribution is 2.19. The van der Waals surface area contributed by atoms with Crippen LogP contribution in [-0.2, 0) is 11.3 Å². The Balaban J connectivity index is 1.38. The van der Waals surface area contributed by atoms with Gasteiger partial charge in [0.2, 0.25) is 0 Å². The number of rotatable bonds is 6. The van der Waals surface area contributed by atoms with Crippen LogP contribution in [0.25, 0.3) is 0 Å². The average Bonchev–Trinajstić information content (AvgIpc) is 2.96. The van der Waals surface area contributed by atoms with Crippen LogP contribution in [0.5, 0.6) is 0 Å². The van der Waals surface area contributed by atoms with Crippen molar-refractivity contribution in [3.05, 3.63) is 47.5 Å². The number of hydrogen-bond acceptors (Lipinski definition) is 3. The van der Waals surface area contributed by atoms with Crippen molar-refractivity contribution < 1.29 is 9.53 Å². The van der Waals surface area contributed by atoms with E-state index in [2.05, 4.69) is 52.8 Å². The summed E-state index contributed by atoms with van der Waals surface area (Å²) in [6, 6.07) is 10.7. The summed E-state index contributed by atoms with van der Waals surface area (Å²) >= 11 is 0. The number of ether oxygens (including phenoxy) is 1. The van der Waals surface area contributed by atoms with E-state index >= 15 is 0 Å². The molecule has 0 spiro atoms. The lowest BCUT2D eigenvalue weighted by atomic mass is 10.1. The molecular formula is C20H29N3O2. The average molecular weight is 343 g/mol.